The fraction of sp³-hybridized carbons (Fsp3) is 0.357. The monoisotopic (exact) mass is 246 g/mol. The van der Waals surface area contributed by atoms with Crippen LogP contribution < -0.4 is 10.1 Å². The Hall–Kier alpha value is -1.97. The summed E-state index contributed by atoms with van der Waals surface area (Å²) in [5.41, 5.74) is 3.22. The van der Waals surface area contributed by atoms with Gasteiger partial charge in [-0.2, -0.15) is 4.98 Å². The first-order valence-corrected chi connectivity index (χ1v) is 5.91. The molecule has 0 fully saturated rings. The van der Waals surface area contributed by atoms with Gasteiger partial charge in [-0.05, 0) is 19.9 Å². The number of oxazole rings is 1. The molecule has 0 spiro atoms. The molecule has 0 amide bonds. The molecular formula is C14H18N2O2. The van der Waals surface area contributed by atoms with Crippen LogP contribution >= 0.6 is 0 Å². The summed E-state index contributed by atoms with van der Waals surface area (Å²) in [5.74, 6) is 1.74. The Labute approximate surface area is 107 Å². The molecule has 4 nitrogen and oxygen atoms in total. The molecule has 0 saturated carbocycles. The third kappa shape index (κ3) is 2.47. The normalized spacial score (nSPS) is 10.4. The lowest BCUT2D eigenvalue weighted by atomic mass is 10.1. The molecule has 1 aromatic heterocycles. The average molecular weight is 246 g/mol. The number of anilines is 1. The molecule has 0 radical (unpaired) electrons. The van der Waals surface area contributed by atoms with E-state index in [4.69, 9.17) is 9.15 Å². The molecule has 1 heterocycles. The number of nitrogens with one attached hydrogen (secondary N) is 1. The van der Waals surface area contributed by atoms with Crippen LogP contribution in [0.4, 0.5) is 6.01 Å². The predicted molar refractivity (Wildman–Crippen MR) is 71.3 cm³/mol. The van der Waals surface area contributed by atoms with Gasteiger partial charge in [0, 0.05) is 19.0 Å². The van der Waals surface area contributed by atoms with Crippen molar-refractivity contribution in [3.05, 3.63) is 40.8 Å². The summed E-state index contributed by atoms with van der Waals surface area (Å²) in [6.07, 6.45) is 0.686. The van der Waals surface area contributed by atoms with E-state index in [1.165, 1.54) is 5.56 Å². The summed E-state index contributed by atoms with van der Waals surface area (Å²) in [5, 5.41) is 2.90. The van der Waals surface area contributed by atoms with Crippen LogP contribution in [-0.4, -0.2) is 19.1 Å². The van der Waals surface area contributed by atoms with Crippen LogP contribution in [0.25, 0.3) is 0 Å². The second-order valence-electron chi connectivity index (χ2n) is 4.27. The van der Waals surface area contributed by atoms with E-state index in [0.717, 1.165) is 22.8 Å². The van der Waals surface area contributed by atoms with Crippen LogP contribution in [0.5, 0.6) is 5.75 Å². The van der Waals surface area contributed by atoms with Crippen LogP contribution in [0, 0.1) is 13.8 Å². The van der Waals surface area contributed by atoms with Gasteiger partial charge >= 0.3 is 0 Å². The Bertz CT molecular complexity index is 547. The van der Waals surface area contributed by atoms with Gasteiger partial charge in [0.1, 0.15) is 11.5 Å². The zero-order valence-electron chi connectivity index (χ0n) is 11.2. The van der Waals surface area contributed by atoms with Crippen LogP contribution in [0.15, 0.2) is 22.6 Å². The maximum atomic E-state index is 5.63. The second-order valence-corrected chi connectivity index (χ2v) is 4.27. The molecule has 4 heteroatoms. The molecule has 2 rings (SSSR count). The van der Waals surface area contributed by atoms with E-state index in [9.17, 15) is 0 Å². The summed E-state index contributed by atoms with van der Waals surface area (Å²) in [7, 11) is 3.47. The fourth-order valence-corrected chi connectivity index (χ4v) is 1.92. The van der Waals surface area contributed by atoms with Crippen molar-refractivity contribution in [3.63, 3.8) is 0 Å². The molecule has 0 bridgehead atoms. The molecule has 2 aromatic rings. The second kappa shape index (κ2) is 5.12. The Balaban J connectivity index is 2.32. The van der Waals surface area contributed by atoms with Crippen molar-refractivity contribution in [1.29, 1.82) is 0 Å². The van der Waals surface area contributed by atoms with Gasteiger partial charge in [-0.3, -0.25) is 0 Å². The highest BCUT2D eigenvalue weighted by Crippen LogP contribution is 2.25. The van der Waals surface area contributed by atoms with E-state index >= 15 is 0 Å². The number of hydrogen-bond donors (Lipinski definition) is 1. The number of nitrogens with zero attached hydrogens (tertiary/aromatic N) is 1. The van der Waals surface area contributed by atoms with E-state index in [0.29, 0.717) is 12.4 Å². The maximum Gasteiger partial charge on any atom is 0.294 e. The molecule has 0 aliphatic heterocycles. The Morgan fingerprint density at radius 1 is 1.33 bits per heavy atom. The highest BCUT2D eigenvalue weighted by atomic mass is 16.5. The summed E-state index contributed by atoms with van der Waals surface area (Å²) < 4.78 is 11.0. The maximum absolute atomic E-state index is 5.63. The standard InChI is InChI=1S/C14H18N2O2/c1-9-5-6-12(17-4)11(7-9)8-13-10(2)16-14(15-3)18-13/h5-7H,8H2,1-4H3,(H,15,16). The molecule has 0 atom stereocenters. The lowest BCUT2D eigenvalue weighted by molar-refractivity contribution is 0.408. The minimum absolute atomic E-state index is 0.550. The SMILES string of the molecule is CNc1nc(C)c(Cc2cc(C)ccc2OC)o1. The van der Waals surface area contributed by atoms with E-state index in [1.807, 2.05) is 19.1 Å². The van der Waals surface area contributed by atoms with Crippen molar-refractivity contribution >= 4 is 6.01 Å². The van der Waals surface area contributed by atoms with Gasteiger partial charge in [0.05, 0.1) is 12.8 Å². The van der Waals surface area contributed by atoms with E-state index in [-0.39, 0.29) is 0 Å². The van der Waals surface area contributed by atoms with Crippen LogP contribution in [0.3, 0.4) is 0 Å². The average Bonchev–Trinajstić information content (AvgIpc) is 2.71. The first kappa shape index (κ1) is 12.5. The van der Waals surface area contributed by atoms with Gasteiger partial charge in [0.2, 0.25) is 0 Å². The van der Waals surface area contributed by atoms with Crippen LogP contribution in [-0.2, 0) is 6.42 Å². The van der Waals surface area contributed by atoms with Crippen molar-refractivity contribution in [2.45, 2.75) is 20.3 Å². The number of rotatable bonds is 4. The van der Waals surface area contributed by atoms with E-state index < -0.39 is 0 Å². The van der Waals surface area contributed by atoms with Gasteiger partial charge in [0.25, 0.3) is 6.01 Å². The van der Waals surface area contributed by atoms with Crippen molar-refractivity contribution in [1.82, 2.24) is 4.98 Å². The lowest BCUT2D eigenvalue weighted by Gasteiger charge is -2.08. The Kier molecular flexibility index (Phi) is 3.55. The van der Waals surface area contributed by atoms with Crippen LogP contribution in [0.1, 0.15) is 22.6 Å². The highest BCUT2D eigenvalue weighted by Gasteiger charge is 2.12. The van der Waals surface area contributed by atoms with E-state index in [1.54, 1.807) is 14.2 Å². The first-order chi connectivity index (χ1) is 8.63. The van der Waals surface area contributed by atoms with Gasteiger partial charge in [0.15, 0.2) is 0 Å². The molecule has 0 aliphatic carbocycles. The number of aryl methyl sites for hydroxylation is 2. The molecule has 1 N–H and O–H groups in total. The van der Waals surface area contributed by atoms with Gasteiger partial charge in [-0.1, -0.05) is 17.7 Å². The quantitative estimate of drug-likeness (QED) is 0.901. The predicted octanol–water partition coefficient (Wildman–Crippen LogP) is 2.93. The van der Waals surface area contributed by atoms with Crippen molar-refractivity contribution in [2.75, 3.05) is 19.5 Å². The number of ether oxygens (including phenoxy) is 1. The molecule has 1 aromatic carbocycles. The van der Waals surface area contributed by atoms with Gasteiger partial charge < -0.3 is 14.5 Å². The number of methoxy groups -OCH3 is 1. The summed E-state index contributed by atoms with van der Waals surface area (Å²) in [6, 6.07) is 6.68. The largest absolute Gasteiger partial charge is 0.496 e. The number of benzene rings is 1. The summed E-state index contributed by atoms with van der Waals surface area (Å²) in [6.45, 7) is 4.01. The van der Waals surface area contributed by atoms with Gasteiger partial charge in [-0.15, -0.1) is 0 Å². The van der Waals surface area contributed by atoms with Gasteiger partial charge in [-0.25, -0.2) is 0 Å². The van der Waals surface area contributed by atoms with Crippen molar-refractivity contribution in [2.24, 2.45) is 0 Å². The van der Waals surface area contributed by atoms with Crippen LogP contribution in [0.2, 0.25) is 0 Å². The first-order valence-electron chi connectivity index (χ1n) is 5.91. The van der Waals surface area contributed by atoms with Crippen molar-refractivity contribution in [3.8, 4) is 5.75 Å². The Morgan fingerprint density at radius 3 is 2.72 bits per heavy atom. The molecular weight excluding hydrogens is 228 g/mol. The zero-order chi connectivity index (χ0) is 13.1. The lowest BCUT2D eigenvalue weighted by Crippen LogP contribution is -1.95. The van der Waals surface area contributed by atoms with E-state index in [2.05, 4.69) is 23.3 Å². The minimum Gasteiger partial charge on any atom is -0.496 e. The molecule has 18 heavy (non-hydrogen) atoms. The zero-order valence-corrected chi connectivity index (χ0v) is 11.2. The fourth-order valence-electron chi connectivity index (χ4n) is 1.92. The highest BCUT2D eigenvalue weighted by molar-refractivity contribution is 5.40. The summed E-state index contributed by atoms with van der Waals surface area (Å²) >= 11 is 0. The number of hydrogen-bond acceptors (Lipinski definition) is 4. The number of aromatic nitrogens is 1. The van der Waals surface area contributed by atoms with Crippen molar-refractivity contribution < 1.29 is 9.15 Å². The smallest absolute Gasteiger partial charge is 0.294 e. The molecule has 96 valence electrons. The molecule has 0 aliphatic rings. The third-order valence-electron chi connectivity index (χ3n) is 2.89. The minimum atomic E-state index is 0.550. The summed E-state index contributed by atoms with van der Waals surface area (Å²) in [4.78, 5) is 4.28. The molecule has 0 unspecified atom stereocenters. The molecule has 0 saturated heterocycles. The third-order valence-corrected chi connectivity index (χ3v) is 2.89. The Morgan fingerprint density at radius 2 is 2.11 bits per heavy atom. The topological polar surface area (TPSA) is 47.3 Å².